The Hall–Kier alpha value is -0.240. The zero-order chi connectivity index (χ0) is 13.4. The van der Waals surface area contributed by atoms with E-state index in [4.69, 9.17) is 5.21 Å². The number of thiophene rings is 1. The van der Waals surface area contributed by atoms with Crippen molar-refractivity contribution in [2.45, 2.75) is 42.6 Å². The minimum absolute atomic E-state index is 0.216. The quantitative estimate of drug-likeness (QED) is 0.423. The van der Waals surface area contributed by atoms with E-state index < -0.39 is 12.6 Å². The molecular formula is C11H16F3NOS2. The van der Waals surface area contributed by atoms with E-state index in [2.05, 4.69) is 5.48 Å². The summed E-state index contributed by atoms with van der Waals surface area (Å²) in [6.07, 6.45) is -3.07. The summed E-state index contributed by atoms with van der Waals surface area (Å²) >= 11 is 3.24. The maximum absolute atomic E-state index is 11.9. The van der Waals surface area contributed by atoms with Crippen LogP contribution in [-0.4, -0.2) is 17.1 Å². The molecule has 0 spiro atoms. The van der Waals surface area contributed by atoms with Gasteiger partial charge in [-0.25, -0.2) is 5.48 Å². The summed E-state index contributed by atoms with van der Waals surface area (Å²) in [5, 5.41) is 8.53. The lowest BCUT2D eigenvalue weighted by molar-refractivity contribution is -0.135. The highest BCUT2D eigenvalue weighted by Gasteiger charge is 2.25. The first-order valence-corrected chi connectivity index (χ1v) is 7.47. The van der Waals surface area contributed by atoms with Crippen LogP contribution in [0.4, 0.5) is 13.2 Å². The van der Waals surface area contributed by atoms with Gasteiger partial charge in [0.25, 0.3) is 0 Å². The van der Waals surface area contributed by atoms with E-state index in [-0.39, 0.29) is 6.42 Å². The smallest absolute Gasteiger partial charge is 0.316 e. The van der Waals surface area contributed by atoms with Crippen molar-refractivity contribution >= 4 is 23.1 Å². The number of nitrogens with one attached hydrogen (secondary N) is 1. The summed E-state index contributed by atoms with van der Waals surface area (Å²) in [6.45, 7) is 0.427. The second kappa shape index (κ2) is 8.04. The molecule has 18 heavy (non-hydrogen) atoms. The predicted octanol–water partition coefficient (Wildman–Crippen LogP) is 4.44. The first-order valence-electron chi connectivity index (χ1n) is 5.66. The molecule has 0 atom stereocenters. The van der Waals surface area contributed by atoms with E-state index in [1.807, 2.05) is 12.1 Å². The van der Waals surface area contributed by atoms with Gasteiger partial charge in [0.1, 0.15) is 0 Å². The van der Waals surface area contributed by atoms with Gasteiger partial charge in [-0.3, -0.25) is 0 Å². The van der Waals surface area contributed by atoms with Crippen molar-refractivity contribution in [3.05, 3.63) is 17.0 Å². The predicted molar refractivity (Wildman–Crippen MR) is 68.2 cm³/mol. The molecule has 0 aliphatic heterocycles. The minimum atomic E-state index is -4.02. The van der Waals surface area contributed by atoms with Crippen molar-refractivity contribution in [1.82, 2.24) is 5.48 Å². The first kappa shape index (κ1) is 15.8. The van der Waals surface area contributed by atoms with E-state index in [0.29, 0.717) is 13.0 Å². The Kier molecular flexibility index (Phi) is 7.06. The number of hydrogen-bond acceptors (Lipinski definition) is 4. The monoisotopic (exact) mass is 299 g/mol. The highest BCUT2D eigenvalue weighted by Crippen LogP contribution is 2.28. The lowest BCUT2D eigenvalue weighted by Crippen LogP contribution is -2.06. The van der Waals surface area contributed by atoms with Gasteiger partial charge in [0, 0.05) is 11.3 Å². The van der Waals surface area contributed by atoms with Crippen molar-refractivity contribution in [2.75, 3.05) is 5.75 Å². The Morgan fingerprint density at radius 2 is 2.00 bits per heavy atom. The van der Waals surface area contributed by atoms with E-state index >= 15 is 0 Å². The van der Waals surface area contributed by atoms with Crippen LogP contribution in [0.15, 0.2) is 16.3 Å². The van der Waals surface area contributed by atoms with Crippen LogP contribution in [-0.2, 0) is 6.54 Å². The maximum Gasteiger partial charge on any atom is 0.389 e. The molecule has 0 saturated carbocycles. The molecule has 104 valence electrons. The van der Waals surface area contributed by atoms with Gasteiger partial charge in [0.05, 0.1) is 10.8 Å². The second-order valence-corrected chi connectivity index (χ2v) is 6.39. The Bertz CT molecular complexity index is 341. The standard InChI is InChI=1S/C11H16F3NOS2/c12-11(13,14)6-2-1-3-7-17-10-5-4-9(18-10)8-15-16/h4-5,15-16H,1-3,6-8H2. The molecule has 0 aliphatic carbocycles. The Morgan fingerprint density at radius 1 is 1.22 bits per heavy atom. The SMILES string of the molecule is ONCc1ccc(SCCCCCC(F)(F)F)s1. The van der Waals surface area contributed by atoms with Crippen molar-refractivity contribution in [2.24, 2.45) is 0 Å². The molecule has 0 unspecified atom stereocenters. The van der Waals surface area contributed by atoms with Crippen molar-refractivity contribution in [1.29, 1.82) is 0 Å². The molecule has 1 heterocycles. The van der Waals surface area contributed by atoms with E-state index in [0.717, 1.165) is 21.3 Å². The molecule has 0 saturated heterocycles. The van der Waals surface area contributed by atoms with E-state index in [1.54, 1.807) is 23.1 Å². The van der Waals surface area contributed by atoms with Crippen LogP contribution in [0.1, 0.15) is 30.6 Å². The Labute approximate surface area is 113 Å². The summed E-state index contributed by atoms with van der Waals surface area (Å²) in [5.41, 5.74) is 2.09. The van der Waals surface area contributed by atoms with Crippen LogP contribution < -0.4 is 5.48 Å². The van der Waals surface area contributed by atoms with Gasteiger partial charge < -0.3 is 5.21 Å². The van der Waals surface area contributed by atoms with E-state index in [1.165, 1.54) is 0 Å². The van der Waals surface area contributed by atoms with Gasteiger partial charge in [-0.2, -0.15) is 13.2 Å². The molecule has 0 amide bonds. The molecule has 0 bridgehead atoms. The molecule has 0 radical (unpaired) electrons. The molecule has 1 rings (SSSR count). The van der Waals surface area contributed by atoms with Crippen LogP contribution in [0.2, 0.25) is 0 Å². The van der Waals surface area contributed by atoms with Crippen molar-refractivity contribution in [3.63, 3.8) is 0 Å². The Balaban J connectivity index is 2.07. The zero-order valence-corrected chi connectivity index (χ0v) is 11.4. The second-order valence-electron chi connectivity index (χ2n) is 3.83. The third kappa shape index (κ3) is 7.25. The Morgan fingerprint density at radius 3 is 2.67 bits per heavy atom. The van der Waals surface area contributed by atoms with Crippen LogP contribution in [0, 0.1) is 0 Å². The lowest BCUT2D eigenvalue weighted by atomic mass is 10.2. The van der Waals surface area contributed by atoms with Gasteiger partial charge >= 0.3 is 6.18 Å². The molecule has 2 nitrogen and oxygen atoms in total. The fourth-order valence-corrected chi connectivity index (χ4v) is 3.57. The highest BCUT2D eigenvalue weighted by molar-refractivity contribution is 8.01. The number of halogens is 3. The average molecular weight is 299 g/mol. The van der Waals surface area contributed by atoms with Gasteiger partial charge in [-0.15, -0.1) is 23.1 Å². The summed E-state index contributed by atoms with van der Waals surface area (Å²) in [6, 6.07) is 3.90. The molecule has 0 aliphatic rings. The van der Waals surface area contributed by atoms with Crippen molar-refractivity contribution in [3.8, 4) is 0 Å². The minimum Gasteiger partial charge on any atom is -0.316 e. The molecule has 0 fully saturated rings. The summed E-state index contributed by atoms with van der Waals surface area (Å²) in [4.78, 5) is 1.04. The van der Waals surface area contributed by atoms with Crippen LogP contribution in [0.25, 0.3) is 0 Å². The average Bonchev–Trinajstić information content (AvgIpc) is 2.70. The first-order chi connectivity index (χ1) is 8.51. The van der Waals surface area contributed by atoms with Gasteiger partial charge in [-0.1, -0.05) is 6.42 Å². The van der Waals surface area contributed by atoms with Crippen molar-refractivity contribution < 1.29 is 18.4 Å². The molecule has 2 N–H and O–H groups in total. The lowest BCUT2D eigenvalue weighted by Gasteiger charge is -2.05. The van der Waals surface area contributed by atoms with Crippen LogP contribution in [0.3, 0.4) is 0 Å². The maximum atomic E-state index is 11.9. The number of unbranched alkanes of at least 4 members (excludes halogenated alkanes) is 2. The number of thioether (sulfide) groups is 1. The van der Waals surface area contributed by atoms with E-state index in [9.17, 15) is 13.2 Å². The fraction of sp³-hybridized carbons (Fsp3) is 0.636. The summed E-state index contributed by atoms with van der Waals surface area (Å²) in [7, 11) is 0. The normalized spacial score (nSPS) is 12.0. The highest BCUT2D eigenvalue weighted by atomic mass is 32.2. The number of alkyl halides is 3. The van der Waals surface area contributed by atoms with Crippen LogP contribution >= 0.6 is 23.1 Å². The molecular weight excluding hydrogens is 283 g/mol. The third-order valence-corrected chi connectivity index (χ3v) is 4.64. The number of hydroxylamine groups is 1. The number of hydrogen-bond donors (Lipinski definition) is 2. The molecule has 7 heteroatoms. The van der Waals surface area contributed by atoms with Gasteiger partial charge in [0.15, 0.2) is 0 Å². The number of rotatable bonds is 8. The third-order valence-electron chi connectivity index (χ3n) is 2.24. The largest absolute Gasteiger partial charge is 0.389 e. The molecule has 1 aromatic rings. The van der Waals surface area contributed by atoms with Gasteiger partial charge in [-0.05, 0) is 30.7 Å². The van der Waals surface area contributed by atoms with Gasteiger partial charge in [0.2, 0.25) is 0 Å². The summed E-state index contributed by atoms with van der Waals surface area (Å²) < 4.78 is 36.8. The summed E-state index contributed by atoms with van der Waals surface area (Å²) in [5.74, 6) is 0.838. The zero-order valence-electron chi connectivity index (χ0n) is 9.79. The van der Waals surface area contributed by atoms with Crippen LogP contribution in [0.5, 0.6) is 0 Å². The fourth-order valence-electron chi connectivity index (χ4n) is 1.39. The molecule has 0 aromatic carbocycles. The molecule has 1 aromatic heterocycles. The topological polar surface area (TPSA) is 32.3 Å².